The minimum Gasteiger partial charge on any atom is -0.459 e. The van der Waals surface area contributed by atoms with Gasteiger partial charge in [-0.05, 0) is 82.5 Å². The molecule has 5 heteroatoms. The highest BCUT2D eigenvalue weighted by Crippen LogP contribution is 2.45. The van der Waals surface area contributed by atoms with Crippen molar-refractivity contribution in [3.8, 4) is 11.1 Å². The van der Waals surface area contributed by atoms with Crippen LogP contribution in [-0.4, -0.2) is 23.3 Å². The second-order valence-corrected chi connectivity index (χ2v) is 11.7. The van der Waals surface area contributed by atoms with E-state index in [0.717, 1.165) is 29.9 Å². The van der Waals surface area contributed by atoms with E-state index in [2.05, 4.69) is 47.8 Å². The quantitative estimate of drug-likeness (QED) is 0.314. The summed E-state index contributed by atoms with van der Waals surface area (Å²) in [5.74, 6) is 1.64. The lowest BCUT2D eigenvalue weighted by Crippen LogP contribution is -2.41. The van der Waals surface area contributed by atoms with Crippen LogP contribution in [0, 0.1) is 11.8 Å². The van der Waals surface area contributed by atoms with Crippen molar-refractivity contribution >= 4 is 5.91 Å². The molecule has 5 nitrogen and oxygen atoms in total. The molecule has 1 heterocycles. The van der Waals surface area contributed by atoms with Crippen LogP contribution in [-0.2, 0) is 33.9 Å². The van der Waals surface area contributed by atoms with Crippen molar-refractivity contribution in [2.75, 3.05) is 0 Å². The third kappa shape index (κ3) is 4.90. The summed E-state index contributed by atoms with van der Waals surface area (Å²) >= 11 is 0. The molecule has 1 aliphatic heterocycles. The first kappa shape index (κ1) is 24.6. The normalized spacial score (nSPS) is 26.5. The number of aliphatic hydroxyl groups excluding tert-OH is 1. The Bertz CT molecular complexity index is 1410. The number of hydrogen-bond acceptors (Lipinski definition) is 4. The Hall–Kier alpha value is -3.41. The summed E-state index contributed by atoms with van der Waals surface area (Å²) in [6, 6.07) is 23.3. The largest absolute Gasteiger partial charge is 0.459 e. The van der Waals surface area contributed by atoms with Crippen LogP contribution in [0.3, 0.4) is 0 Å². The van der Waals surface area contributed by atoms with Crippen molar-refractivity contribution < 1.29 is 19.4 Å². The van der Waals surface area contributed by atoms with Gasteiger partial charge in [-0.25, -0.2) is 0 Å². The van der Waals surface area contributed by atoms with Crippen LogP contribution in [0.2, 0.25) is 0 Å². The van der Waals surface area contributed by atoms with Gasteiger partial charge >= 0.3 is 0 Å². The topological polar surface area (TPSA) is 67.8 Å². The van der Waals surface area contributed by atoms with E-state index in [1.807, 2.05) is 30.3 Å². The Morgan fingerprint density at radius 1 is 0.923 bits per heavy atom. The summed E-state index contributed by atoms with van der Waals surface area (Å²) in [7, 11) is 0. The van der Waals surface area contributed by atoms with Gasteiger partial charge in [0.25, 0.3) is 5.91 Å². The highest BCUT2D eigenvalue weighted by atomic mass is 16.7. The number of nitrogens with one attached hydrogen (secondary N) is 1. The maximum atomic E-state index is 13.4. The predicted molar refractivity (Wildman–Crippen MR) is 150 cm³/mol. The number of ether oxygens (including phenoxy) is 2. The van der Waals surface area contributed by atoms with Crippen LogP contribution in [0.4, 0.5) is 0 Å². The van der Waals surface area contributed by atoms with Crippen molar-refractivity contribution in [1.82, 2.24) is 5.32 Å². The lowest BCUT2D eigenvalue weighted by atomic mass is 9.90. The highest BCUT2D eigenvalue weighted by Gasteiger charge is 2.41. The molecule has 4 aliphatic rings. The van der Waals surface area contributed by atoms with Crippen molar-refractivity contribution in [3.63, 3.8) is 0 Å². The molecule has 0 spiro atoms. The first-order valence-electron chi connectivity index (χ1n) is 14.3. The van der Waals surface area contributed by atoms with Crippen molar-refractivity contribution in [3.05, 3.63) is 106 Å². The summed E-state index contributed by atoms with van der Waals surface area (Å²) in [5, 5.41) is 12.6. The molecule has 39 heavy (non-hydrogen) atoms. The SMILES string of the molecule is O=C(NC1CC2CCC1C2)C1=C[C@H](c2ccc3c(c2)Cc2ccccc2-3)C[C@H](OCc2ccc(CO)cc2)O1. The van der Waals surface area contributed by atoms with Gasteiger partial charge in [0.15, 0.2) is 5.76 Å². The van der Waals surface area contributed by atoms with Gasteiger partial charge in [0.05, 0.1) is 13.2 Å². The van der Waals surface area contributed by atoms with E-state index in [9.17, 15) is 9.90 Å². The molecule has 3 unspecified atom stereocenters. The standard InChI is InChI=1S/C34H35NO4/c36-19-21-5-7-22(8-6-21)20-38-33-18-27(17-32(39-33)34(37)35-31-14-23-9-10-26(31)13-23)24-11-12-30-28(15-24)16-25-3-1-2-4-29(25)30/h1-8,11-12,15,17,23,26-27,31,33,36H,9-10,13-14,16,18-20H2,(H,35,37)/t23?,26?,27-,31?,33+/m0/s1. The van der Waals surface area contributed by atoms with Gasteiger partial charge in [-0.15, -0.1) is 0 Å². The molecule has 7 rings (SSSR count). The Balaban J connectivity index is 1.12. The molecule has 2 N–H and O–H groups in total. The fourth-order valence-electron chi connectivity index (χ4n) is 7.14. The Kier molecular flexibility index (Phi) is 6.49. The Morgan fingerprint density at radius 2 is 1.74 bits per heavy atom. The second-order valence-electron chi connectivity index (χ2n) is 11.7. The smallest absolute Gasteiger partial charge is 0.286 e. The summed E-state index contributed by atoms with van der Waals surface area (Å²) in [4.78, 5) is 13.4. The summed E-state index contributed by atoms with van der Waals surface area (Å²) in [5.41, 5.74) is 8.39. The third-order valence-corrected chi connectivity index (χ3v) is 9.22. The van der Waals surface area contributed by atoms with Crippen molar-refractivity contribution in [1.29, 1.82) is 0 Å². The maximum Gasteiger partial charge on any atom is 0.286 e. The number of benzene rings is 3. The summed E-state index contributed by atoms with van der Waals surface area (Å²) in [6.07, 6.45) is 7.91. The van der Waals surface area contributed by atoms with Gasteiger partial charge in [0.1, 0.15) is 0 Å². The van der Waals surface area contributed by atoms with Gasteiger partial charge in [0, 0.05) is 18.4 Å². The molecule has 0 saturated heterocycles. The fourth-order valence-corrected chi connectivity index (χ4v) is 7.14. The van der Waals surface area contributed by atoms with Crippen LogP contribution in [0.25, 0.3) is 11.1 Å². The van der Waals surface area contributed by atoms with E-state index in [1.54, 1.807) is 0 Å². The number of carbonyl (C=O) groups excluding carboxylic acids is 1. The number of carbonyl (C=O) groups is 1. The van der Waals surface area contributed by atoms with E-state index in [1.165, 1.54) is 47.1 Å². The molecule has 0 aromatic heterocycles. The summed E-state index contributed by atoms with van der Waals surface area (Å²) in [6.45, 7) is 0.399. The zero-order valence-electron chi connectivity index (χ0n) is 22.1. The van der Waals surface area contributed by atoms with E-state index in [4.69, 9.17) is 9.47 Å². The predicted octanol–water partition coefficient (Wildman–Crippen LogP) is 5.99. The number of rotatable bonds is 7. The zero-order valence-corrected chi connectivity index (χ0v) is 22.1. The van der Waals surface area contributed by atoms with Crippen molar-refractivity contribution in [2.24, 2.45) is 11.8 Å². The second kappa shape index (κ2) is 10.3. The molecule has 0 radical (unpaired) electrons. The maximum absolute atomic E-state index is 13.4. The van der Waals surface area contributed by atoms with E-state index < -0.39 is 6.29 Å². The highest BCUT2D eigenvalue weighted by molar-refractivity contribution is 5.92. The molecular weight excluding hydrogens is 486 g/mol. The van der Waals surface area contributed by atoms with Gasteiger partial charge in [0.2, 0.25) is 6.29 Å². The van der Waals surface area contributed by atoms with E-state index in [0.29, 0.717) is 24.7 Å². The first-order chi connectivity index (χ1) is 19.1. The minimum atomic E-state index is -0.524. The monoisotopic (exact) mass is 521 g/mol. The number of aliphatic hydroxyl groups is 1. The molecule has 1 amide bonds. The van der Waals surface area contributed by atoms with Crippen LogP contribution < -0.4 is 5.32 Å². The minimum absolute atomic E-state index is 0.0201. The molecule has 2 bridgehead atoms. The third-order valence-electron chi connectivity index (χ3n) is 9.22. The molecular formula is C34H35NO4. The van der Waals surface area contributed by atoms with Gasteiger partial charge in [-0.1, -0.05) is 73.2 Å². The lowest BCUT2D eigenvalue weighted by molar-refractivity contribution is -0.150. The summed E-state index contributed by atoms with van der Waals surface area (Å²) < 4.78 is 12.4. The molecule has 200 valence electrons. The number of amides is 1. The van der Waals surface area contributed by atoms with Crippen LogP contribution in [0.15, 0.2) is 78.6 Å². The molecule has 3 aliphatic carbocycles. The lowest BCUT2D eigenvalue weighted by Gasteiger charge is -2.31. The van der Waals surface area contributed by atoms with Crippen molar-refractivity contribution in [2.45, 2.75) is 70.0 Å². The number of fused-ring (bicyclic) bond motifs is 5. The Labute approximate surface area is 229 Å². The molecule has 2 saturated carbocycles. The van der Waals surface area contributed by atoms with Crippen LogP contribution in [0.1, 0.15) is 65.8 Å². The van der Waals surface area contributed by atoms with Gasteiger partial charge in [-0.3, -0.25) is 4.79 Å². The molecule has 2 fully saturated rings. The number of allylic oxidation sites excluding steroid dienone is 1. The Morgan fingerprint density at radius 3 is 2.54 bits per heavy atom. The van der Waals surface area contributed by atoms with Gasteiger partial charge < -0.3 is 19.9 Å². The molecule has 3 aromatic carbocycles. The van der Waals surface area contributed by atoms with Crippen LogP contribution >= 0.6 is 0 Å². The fraction of sp³-hybridized carbons (Fsp3) is 0.382. The average molecular weight is 522 g/mol. The van der Waals surface area contributed by atoms with Gasteiger partial charge in [-0.2, -0.15) is 0 Å². The van der Waals surface area contributed by atoms with E-state index in [-0.39, 0.29) is 24.5 Å². The molecule has 5 atom stereocenters. The average Bonchev–Trinajstić information content (AvgIpc) is 3.70. The van der Waals surface area contributed by atoms with Crippen LogP contribution in [0.5, 0.6) is 0 Å². The molecule has 3 aromatic rings. The first-order valence-corrected chi connectivity index (χ1v) is 14.3. The van der Waals surface area contributed by atoms with E-state index >= 15 is 0 Å². The zero-order chi connectivity index (χ0) is 26.3. The number of hydrogen-bond donors (Lipinski definition) is 2.